The number of hydrogen-bond acceptors (Lipinski definition) is 5. The number of amides is 1. The normalized spacial score (nSPS) is 12.7. The van der Waals surface area contributed by atoms with E-state index in [0.29, 0.717) is 23.9 Å². The van der Waals surface area contributed by atoms with Crippen molar-refractivity contribution in [2.45, 2.75) is 0 Å². The molecule has 0 bridgehead atoms. The van der Waals surface area contributed by atoms with Crippen molar-refractivity contribution < 1.29 is 14.3 Å². The highest BCUT2D eigenvalue weighted by Crippen LogP contribution is 2.36. The maximum Gasteiger partial charge on any atom is 0.266 e. The summed E-state index contributed by atoms with van der Waals surface area (Å²) in [4.78, 5) is 18.0. The summed E-state index contributed by atoms with van der Waals surface area (Å²) in [6.45, 7) is 1.13. The van der Waals surface area contributed by atoms with Crippen LogP contribution in [0.25, 0.3) is 10.4 Å². The van der Waals surface area contributed by atoms with Gasteiger partial charge in [-0.15, -0.1) is 11.3 Å². The van der Waals surface area contributed by atoms with Crippen molar-refractivity contribution >= 4 is 23.1 Å². The Balaban J connectivity index is 1.55. The van der Waals surface area contributed by atoms with Crippen molar-refractivity contribution in [3.63, 3.8) is 0 Å². The van der Waals surface area contributed by atoms with Crippen LogP contribution in [0, 0.1) is 0 Å². The molecule has 24 heavy (non-hydrogen) atoms. The Morgan fingerprint density at radius 2 is 1.92 bits per heavy atom. The quantitative estimate of drug-likeness (QED) is 0.788. The SMILES string of the molecule is O=C(Nc1ccccn1)c1ccc(-c2ccc3c(c2)OCCO3)s1. The molecule has 1 aliphatic heterocycles. The number of benzene rings is 1. The van der Waals surface area contributed by atoms with E-state index in [9.17, 15) is 4.79 Å². The summed E-state index contributed by atoms with van der Waals surface area (Å²) >= 11 is 1.43. The number of thiophene rings is 1. The third-order valence-electron chi connectivity index (χ3n) is 3.56. The van der Waals surface area contributed by atoms with E-state index < -0.39 is 0 Å². The van der Waals surface area contributed by atoms with Crippen LogP contribution in [0.2, 0.25) is 0 Å². The second kappa shape index (κ2) is 6.33. The van der Waals surface area contributed by atoms with E-state index >= 15 is 0 Å². The van der Waals surface area contributed by atoms with Crippen LogP contribution in [0.3, 0.4) is 0 Å². The number of pyridine rings is 1. The van der Waals surface area contributed by atoms with Crippen molar-refractivity contribution in [2.75, 3.05) is 18.5 Å². The lowest BCUT2D eigenvalue weighted by Gasteiger charge is -2.18. The Bertz CT molecular complexity index is 877. The standard InChI is InChI=1S/C18H14N2O3S/c21-18(20-17-3-1-2-8-19-17)16-7-6-15(24-16)12-4-5-13-14(11-12)23-10-9-22-13/h1-8,11H,9-10H2,(H,19,20,21). The monoisotopic (exact) mass is 338 g/mol. The number of carbonyl (C=O) groups is 1. The summed E-state index contributed by atoms with van der Waals surface area (Å²) < 4.78 is 11.1. The fraction of sp³-hybridized carbons (Fsp3) is 0.111. The number of hydrogen-bond donors (Lipinski definition) is 1. The minimum absolute atomic E-state index is 0.164. The lowest BCUT2D eigenvalue weighted by atomic mass is 10.1. The molecular weight excluding hydrogens is 324 g/mol. The first kappa shape index (κ1) is 14.7. The zero-order valence-electron chi connectivity index (χ0n) is 12.7. The van der Waals surface area contributed by atoms with E-state index in [1.165, 1.54) is 11.3 Å². The van der Waals surface area contributed by atoms with Crippen LogP contribution in [-0.2, 0) is 0 Å². The van der Waals surface area contributed by atoms with E-state index in [2.05, 4.69) is 10.3 Å². The fourth-order valence-electron chi connectivity index (χ4n) is 2.43. The molecule has 3 heterocycles. The fourth-order valence-corrected chi connectivity index (χ4v) is 3.32. The van der Waals surface area contributed by atoms with Gasteiger partial charge in [0.2, 0.25) is 0 Å². The Morgan fingerprint density at radius 3 is 2.75 bits per heavy atom. The zero-order chi connectivity index (χ0) is 16.4. The summed E-state index contributed by atoms with van der Waals surface area (Å²) in [5, 5.41) is 2.79. The van der Waals surface area contributed by atoms with Crippen LogP contribution in [0.1, 0.15) is 9.67 Å². The first-order valence-corrected chi connectivity index (χ1v) is 8.33. The average Bonchev–Trinajstić information content (AvgIpc) is 3.12. The number of carbonyl (C=O) groups excluding carboxylic acids is 1. The maximum atomic E-state index is 12.3. The van der Waals surface area contributed by atoms with E-state index in [4.69, 9.17) is 9.47 Å². The molecule has 0 atom stereocenters. The summed E-state index contributed by atoms with van der Waals surface area (Å²) in [6, 6.07) is 15.0. The second-order valence-electron chi connectivity index (χ2n) is 5.19. The maximum absolute atomic E-state index is 12.3. The zero-order valence-corrected chi connectivity index (χ0v) is 13.5. The molecular formula is C18H14N2O3S. The number of nitrogens with zero attached hydrogens (tertiary/aromatic N) is 1. The molecule has 5 nitrogen and oxygen atoms in total. The summed E-state index contributed by atoms with van der Waals surface area (Å²) in [7, 11) is 0. The van der Waals surface area contributed by atoms with Crippen LogP contribution in [0.4, 0.5) is 5.82 Å². The third kappa shape index (κ3) is 2.96. The molecule has 0 aliphatic carbocycles. The molecule has 1 amide bonds. The first-order valence-electron chi connectivity index (χ1n) is 7.52. The largest absolute Gasteiger partial charge is 0.486 e. The van der Waals surface area contributed by atoms with Crippen LogP contribution >= 0.6 is 11.3 Å². The molecule has 2 aromatic heterocycles. The van der Waals surface area contributed by atoms with Gasteiger partial charge in [-0.3, -0.25) is 4.79 Å². The lowest BCUT2D eigenvalue weighted by Crippen LogP contribution is -2.15. The minimum Gasteiger partial charge on any atom is -0.486 e. The smallest absolute Gasteiger partial charge is 0.266 e. The van der Waals surface area contributed by atoms with Crippen molar-refractivity contribution in [1.29, 1.82) is 0 Å². The Kier molecular flexibility index (Phi) is 3.88. The summed E-state index contributed by atoms with van der Waals surface area (Å²) in [5.41, 5.74) is 1.00. The molecule has 4 rings (SSSR count). The van der Waals surface area contributed by atoms with Gasteiger partial charge < -0.3 is 14.8 Å². The van der Waals surface area contributed by atoms with E-state index in [1.807, 2.05) is 36.4 Å². The number of rotatable bonds is 3. The molecule has 0 saturated carbocycles. The summed E-state index contributed by atoms with van der Waals surface area (Å²) in [5.74, 6) is 1.88. The highest BCUT2D eigenvalue weighted by atomic mass is 32.1. The number of ether oxygens (including phenoxy) is 2. The van der Waals surface area contributed by atoms with Gasteiger partial charge in [0, 0.05) is 11.1 Å². The van der Waals surface area contributed by atoms with Gasteiger partial charge in [0.05, 0.1) is 4.88 Å². The highest BCUT2D eigenvalue weighted by molar-refractivity contribution is 7.17. The molecule has 1 aliphatic rings. The van der Waals surface area contributed by atoms with Gasteiger partial charge in [-0.25, -0.2) is 4.98 Å². The van der Waals surface area contributed by atoms with Crippen molar-refractivity contribution in [3.8, 4) is 21.9 Å². The number of nitrogens with one attached hydrogen (secondary N) is 1. The van der Waals surface area contributed by atoms with Crippen LogP contribution in [0.15, 0.2) is 54.7 Å². The Hall–Kier alpha value is -2.86. The first-order chi connectivity index (χ1) is 11.8. The van der Waals surface area contributed by atoms with Gasteiger partial charge in [-0.1, -0.05) is 6.07 Å². The molecule has 0 spiro atoms. The molecule has 1 aromatic carbocycles. The average molecular weight is 338 g/mol. The van der Waals surface area contributed by atoms with Gasteiger partial charge in [0.1, 0.15) is 19.0 Å². The number of anilines is 1. The predicted molar refractivity (Wildman–Crippen MR) is 92.9 cm³/mol. The topological polar surface area (TPSA) is 60.5 Å². The minimum atomic E-state index is -0.164. The third-order valence-corrected chi connectivity index (χ3v) is 4.70. The molecule has 0 unspecified atom stereocenters. The van der Waals surface area contributed by atoms with Gasteiger partial charge in [0.25, 0.3) is 5.91 Å². The van der Waals surface area contributed by atoms with Gasteiger partial charge >= 0.3 is 0 Å². The van der Waals surface area contributed by atoms with Crippen molar-refractivity contribution in [3.05, 3.63) is 59.6 Å². The van der Waals surface area contributed by atoms with Gasteiger partial charge in [-0.05, 0) is 48.0 Å². The molecule has 0 radical (unpaired) electrons. The molecule has 1 N–H and O–H groups in total. The van der Waals surface area contributed by atoms with E-state index in [1.54, 1.807) is 18.3 Å². The molecule has 3 aromatic rings. The van der Waals surface area contributed by atoms with Gasteiger partial charge in [0.15, 0.2) is 11.5 Å². The Morgan fingerprint density at radius 1 is 1.04 bits per heavy atom. The van der Waals surface area contributed by atoms with Crippen LogP contribution in [0.5, 0.6) is 11.5 Å². The molecule has 6 heteroatoms. The lowest BCUT2D eigenvalue weighted by molar-refractivity contribution is 0.103. The van der Waals surface area contributed by atoms with Crippen molar-refractivity contribution in [2.24, 2.45) is 0 Å². The van der Waals surface area contributed by atoms with E-state index in [0.717, 1.165) is 21.9 Å². The second-order valence-corrected chi connectivity index (χ2v) is 6.28. The molecule has 120 valence electrons. The number of aromatic nitrogens is 1. The molecule has 0 saturated heterocycles. The predicted octanol–water partition coefficient (Wildman–Crippen LogP) is 3.83. The van der Waals surface area contributed by atoms with Crippen molar-refractivity contribution in [1.82, 2.24) is 4.98 Å². The number of fused-ring (bicyclic) bond motifs is 1. The highest BCUT2D eigenvalue weighted by Gasteiger charge is 2.15. The van der Waals surface area contributed by atoms with Gasteiger partial charge in [-0.2, -0.15) is 0 Å². The van der Waals surface area contributed by atoms with Crippen LogP contribution in [-0.4, -0.2) is 24.1 Å². The Labute approximate surface area is 142 Å². The van der Waals surface area contributed by atoms with E-state index in [-0.39, 0.29) is 5.91 Å². The van der Waals surface area contributed by atoms with Crippen LogP contribution < -0.4 is 14.8 Å². The molecule has 0 fully saturated rings. The summed E-state index contributed by atoms with van der Waals surface area (Å²) in [6.07, 6.45) is 1.64.